The molecule has 0 saturated heterocycles. The number of nitrogens with zero attached hydrogens (tertiary/aromatic N) is 2. The fraction of sp³-hybridized carbons (Fsp3) is 0.267. The minimum atomic E-state index is -0.322. The van der Waals surface area contributed by atoms with Crippen LogP contribution < -0.4 is 5.32 Å². The minimum Gasteiger partial charge on any atom is -0.385 e. The van der Waals surface area contributed by atoms with Gasteiger partial charge in [0.2, 0.25) is 5.91 Å². The molecule has 0 bridgehead atoms. The van der Waals surface area contributed by atoms with E-state index in [1.165, 1.54) is 0 Å². The molecule has 38 heavy (non-hydrogen) atoms. The van der Waals surface area contributed by atoms with Crippen molar-refractivity contribution in [3.63, 3.8) is 0 Å². The van der Waals surface area contributed by atoms with E-state index in [9.17, 15) is 9.59 Å². The van der Waals surface area contributed by atoms with Crippen molar-refractivity contribution in [1.82, 2.24) is 14.8 Å². The Labute approximate surface area is 231 Å². The molecule has 0 unspecified atom stereocenters. The smallest absolute Gasteiger partial charge is 0.322 e. The maximum absolute atomic E-state index is 13.7. The Kier molecular flexibility index (Phi) is 9.95. The number of aromatic amines is 1. The zero-order valence-electron chi connectivity index (χ0n) is 21.5. The number of aromatic nitrogens is 1. The molecule has 0 aliphatic carbocycles. The van der Waals surface area contributed by atoms with Crippen LogP contribution in [0.5, 0.6) is 0 Å². The van der Waals surface area contributed by atoms with Crippen LogP contribution in [0.3, 0.4) is 0 Å². The fourth-order valence-electron chi connectivity index (χ4n) is 4.36. The van der Waals surface area contributed by atoms with E-state index >= 15 is 0 Å². The SMILES string of the molecule is COCCCN(CC(=O)N(CCc1c[nH]c2ccccc12)Cc1ccccc1)C(=O)Nc1ccccc1Br. The summed E-state index contributed by atoms with van der Waals surface area (Å²) in [5, 5.41) is 4.09. The topological polar surface area (TPSA) is 77.7 Å². The highest BCUT2D eigenvalue weighted by Gasteiger charge is 2.22. The second-order valence-corrected chi connectivity index (χ2v) is 9.94. The molecule has 3 aromatic carbocycles. The highest BCUT2D eigenvalue weighted by molar-refractivity contribution is 9.10. The molecule has 4 aromatic rings. The predicted molar refractivity (Wildman–Crippen MR) is 155 cm³/mol. The van der Waals surface area contributed by atoms with Crippen molar-refractivity contribution in [3.8, 4) is 0 Å². The van der Waals surface area contributed by atoms with Gasteiger partial charge in [0.05, 0.1) is 5.69 Å². The summed E-state index contributed by atoms with van der Waals surface area (Å²) < 4.78 is 5.97. The molecule has 7 nitrogen and oxygen atoms in total. The number of anilines is 1. The van der Waals surface area contributed by atoms with E-state index in [0.717, 1.165) is 26.5 Å². The number of amides is 3. The molecule has 4 rings (SSSR count). The summed E-state index contributed by atoms with van der Waals surface area (Å²) in [6, 6.07) is 25.2. The summed E-state index contributed by atoms with van der Waals surface area (Å²) in [4.78, 5) is 33.7. The average Bonchev–Trinajstić information content (AvgIpc) is 3.35. The number of ether oxygens (including phenoxy) is 1. The number of hydrogen-bond acceptors (Lipinski definition) is 3. The van der Waals surface area contributed by atoms with Crippen molar-refractivity contribution in [1.29, 1.82) is 0 Å². The van der Waals surface area contributed by atoms with Gasteiger partial charge in [-0.1, -0.05) is 60.7 Å². The fourth-order valence-corrected chi connectivity index (χ4v) is 4.75. The van der Waals surface area contributed by atoms with E-state index in [-0.39, 0.29) is 18.5 Å². The van der Waals surface area contributed by atoms with Gasteiger partial charge in [0.25, 0.3) is 0 Å². The summed E-state index contributed by atoms with van der Waals surface area (Å²) in [5.74, 6) is -0.103. The number of methoxy groups -OCH3 is 1. The molecule has 1 aromatic heterocycles. The van der Waals surface area contributed by atoms with Gasteiger partial charge in [-0.05, 0) is 58.1 Å². The summed E-state index contributed by atoms with van der Waals surface area (Å²) in [6.07, 6.45) is 3.34. The van der Waals surface area contributed by atoms with Crippen LogP contribution in [0.15, 0.2) is 89.5 Å². The van der Waals surface area contributed by atoms with Crippen LogP contribution >= 0.6 is 15.9 Å². The van der Waals surface area contributed by atoms with Gasteiger partial charge >= 0.3 is 6.03 Å². The molecular formula is C30H33BrN4O3. The first-order valence-electron chi connectivity index (χ1n) is 12.7. The molecule has 0 atom stereocenters. The molecule has 198 valence electrons. The molecule has 0 spiro atoms. The number of para-hydroxylation sites is 2. The van der Waals surface area contributed by atoms with Crippen LogP contribution in [-0.2, 0) is 22.5 Å². The van der Waals surface area contributed by atoms with Crippen LogP contribution in [0, 0.1) is 0 Å². The zero-order chi connectivity index (χ0) is 26.7. The van der Waals surface area contributed by atoms with Crippen molar-refractivity contribution in [2.24, 2.45) is 0 Å². The van der Waals surface area contributed by atoms with Crippen LogP contribution in [-0.4, -0.2) is 60.1 Å². The van der Waals surface area contributed by atoms with Crippen molar-refractivity contribution in [3.05, 3.63) is 101 Å². The van der Waals surface area contributed by atoms with E-state index in [4.69, 9.17) is 4.74 Å². The van der Waals surface area contributed by atoms with E-state index in [0.29, 0.717) is 44.8 Å². The van der Waals surface area contributed by atoms with Gasteiger partial charge in [0.1, 0.15) is 6.54 Å². The van der Waals surface area contributed by atoms with Gasteiger partial charge in [0, 0.05) is 54.9 Å². The second-order valence-electron chi connectivity index (χ2n) is 9.09. The quantitative estimate of drug-likeness (QED) is 0.201. The maximum Gasteiger partial charge on any atom is 0.322 e. The Bertz CT molecular complexity index is 1340. The lowest BCUT2D eigenvalue weighted by Crippen LogP contribution is -2.45. The van der Waals surface area contributed by atoms with Gasteiger partial charge in [-0.3, -0.25) is 4.79 Å². The molecule has 2 N–H and O–H groups in total. The number of urea groups is 1. The first kappa shape index (κ1) is 27.4. The summed E-state index contributed by atoms with van der Waals surface area (Å²) in [6.45, 7) is 1.88. The third kappa shape index (κ3) is 7.46. The number of hydrogen-bond donors (Lipinski definition) is 2. The lowest BCUT2D eigenvalue weighted by molar-refractivity contribution is -0.132. The number of carbonyl (C=O) groups is 2. The monoisotopic (exact) mass is 576 g/mol. The van der Waals surface area contributed by atoms with Crippen LogP contribution in [0.4, 0.5) is 10.5 Å². The van der Waals surface area contributed by atoms with E-state index in [1.54, 1.807) is 12.0 Å². The van der Waals surface area contributed by atoms with Gasteiger partial charge in [-0.25, -0.2) is 4.79 Å². The largest absolute Gasteiger partial charge is 0.385 e. The zero-order valence-corrected chi connectivity index (χ0v) is 23.1. The average molecular weight is 578 g/mol. The lowest BCUT2D eigenvalue weighted by Gasteiger charge is -2.28. The summed E-state index contributed by atoms with van der Waals surface area (Å²) in [5.41, 5.74) is 3.94. The Hall–Kier alpha value is -3.62. The molecule has 0 saturated carbocycles. The third-order valence-corrected chi connectivity index (χ3v) is 7.09. The van der Waals surface area contributed by atoms with Gasteiger partial charge in [-0.2, -0.15) is 0 Å². The van der Waals surface area contributed by atoms with Crippen LogP contribution in [0.1, 0.15) is 17.5 Å². The summed E-state index contributed by atoms with van der Waals surface area (Å²) >= 11 is 3.47. The van der Waals surface area contributed by atoms with Crippen molar-refractivity contribution >= 4 is 44.5 Å². The Balaban J connectivity index is 1.50. The highest BCUT2D eigenvalue weighted by Crippen LogP contribution is 2.22. The molecule has 8 heteroatoms. The van der Waals surface area contributed by atoms with Crippen LogP contribution in [0.2, 0.25) is 0 Å². The maximum atomic E-state index is 13.7. The molecule has 0 aliphatic heterocycles. The molecular weight excluding hydrogens is 544 g/mol. The number of fused-ring (bicyclic) bond motifs is 1. The lowest BCUT2D eigenvalue weighted by atomic mass is 10.1. The van der Waals surface area contributed by atoms with Gasteiger partial charge in [0.15, 0.2) is 0 Å². The second kappa shape index (κ2) is 13.8. The highest BCUT2D eigenvalue weighted by atomic mass is 79.9. The Morgan fingerprint density at radius 2 is 1.66 bits per heavy atom. The molecule has 3 amide bonds. The Morgan fingerprint density at radius 3 is 2.45 bits per heavy atom. The molecule has 1 heterocycles. The van der Waals surface area contributed by atoms with E-state index in [2.05, 4.69) is 32.3 Å². The van der Waals surface area contributed by atoms with Gasteiger partial charge in [-0.15, -0.1) is 0 Å². The van der Waals surface area contributed by atoms with Crippen LogP contribution in [0.25, 0.3) is 10.9 Å². The number of benzene rings is 3. The van der Waals surface area contributed by atoms with Crippen molar-refractivity contribution in [2.75, 3.05) is 38.7 Å². The first-order chi connectivity index (χ1) is 18.5. The van der Waals surface area contributed by atoms with Crippen molar-refractivity contribution < 1.29 is 14.3 Å². The number of nitrogens with one attached hydrogen (secondary N) is 2. The van der Waals surface area contributed by atoms with E-state index < -0.39 is 0 Å². The van der Waals surface area contributed by atoms with Gasteiger partial charge < -0.3 is 24.8 Å². The van der Waals surface area contributed by atoms with Crippen molar-refractivity contribution in [2.45, 2.75) is 19.4 Å². The number of rotatable bonds is 12. The number of halogens is 1. The number of H-pyrrole nitrogens is 1. The summed E-state index contributed by atoms with van der Waals surface area (Å²) in [7, 11) is 1.63. The molecule has 0 radical (unpaired) electrons. The molecule has 0 aliphatic rings. The minimum absolute atomic E-state index is 0.0271. The predicted octanol–water partition coefficient (Wildman–Crippen LogP) is 6.07. The number of carbonyl (C=O) groups excluding carboxylic acids is 2. The molecule has 0 fully saturated rings. The Morgan fingerprint density at radius 1 is 0.921 bits per heavy atom. The normalized spacial score (nSPS) is 10.9. The van der Waals surface area contributed by atoms with E-state index in [1.807, 2.05) is 83.9 Å². The standard InChI is InChI=1S/C30H33BrN4O3/c1-38-19-9-17-35(30(37)33-28-15-8-6-13-26(28)31)22-29(36)34(21-23-10-3-2-4-11-23)18-16-24-20-32-27-14-7-5-12-25(24)27/h2-8,10-15,20,32H,9,16-19,21-22H2,1H3,(H,33,37). The third-order valence-electron chi connectivity index (χ3n) is 6.40. The first-order valence-corrected chi connectivity index (χ1v) is 13.5.